The minimum Gasteiger partial charge on any atom is -0.497 e. The summed E-state index contributed by atoms with van der Waals surface area (Å²) in [6.07, 6.45) is 0.271. The molecule has 0 fully saturated rings. The summed E-state index contributed by atoms with van der Waals surface area (Å²) in [5, 5.41) is 2.82. The molecule has 5 nitrogen and oxygen atoms in total. The molecule has 1 atom stereocenters. The van der Waals surface area contributed by atoms with Crippen LogP contribution in [-0.4, -0.2) is 36.4 Å². The van der Waals surface area contributed by atoms with Crippen LogP contribution in [0.1, 0.15) is 36.1 Å². The Labute approximate surface area is 167 Å². The fraction of sp³-hybridized carbons (Fsp3) is 0.391. The molecule has 0 saturated heterocycles. The molecule has 5 heteroatoms. The highest BCUT2D eigenvalue weighted by atomic mass is 16.5. The number of hydrogen-bond acceptors (Lipinski definition) is 3. The highest BCUT2D eigenvalue weighted by Gasteiger charge is 2.26. The van der Waals surface area contributed by atoms with Crippen LogP contribution in [0.25, 0.3) is 0 Å². The molecule has 2 aromatic rings. The van der Waals surface area contributed by atoms with Crippen LogP contribution >= 0.6 is 0 Å². The van der Waals surface area contributed by atoms with Gasteiger partial charge in [0.1, 0.15) is 11.8 Å². The highest BCUT2D eigenvalue weighted by Crippen LogP contribution is 2.18. The topological polar surface area (TPSA) is 58.6 Å². The number of benzene rings is 2. The molecule has 0 radical (unpaired) electrons. The summed E-state index contributed by atoms with van der Waals surface area (Å²) in [5.74, 6) is 0.544. The predicted molar refractivity (Wildman–Crippen MR) is 111 cm³/mol. The van der Waals surface area contributed by atoms with E-state index < -0.39 is 6.04 Å². The second-order valence-corrected chi connectivity index (χ2v) is 7.05. The van der Waals surface area contributed by atoms with Crippen LogP contribution in [0.15, 0.2) is 42.5 Å². The predicted octanol–water partition coefficient (Wildman–Crippen LogP) is 3.41. The molecule has 0 unspecified atom stereocenters. The quantitative estimate of drug-likeness (QED) is 0.761. The third kappa shape index (κ3) is 5.59. The summed E-state index contributed by atoms with van der Waals surface area (Å²) in [7, 11) is 1.62. The normalized spacial score (nSPS) is 11.6. The SMILES string of the molecule is CCNC(=O)[C@H](C)N(Cc1ccc(OC)cc1)C(=O)Cc1cc(C)ccc1C. The molecular formula is C23H30N2O3. The largest absolute Gasteiger partial charge is 0.497 e. The van der Waals surface area contributed by atoms with Gasteiger partial charge >= 0.3 is 0 Å². The summed E-state index contributed by atoms with van der Waals surface area (Å²) >= 11 is 0. The highest BCUT2D eigenvalue weighted by molar-refractivity contribution is 5.88. The van der Waals surface area contributed by atoms with Gasteiger partial charge in [0, 0.05) is 13.1 Å². The number of amides is 2. The van der Waals surface area contributed by atoms with Crippen LogP contribution in [-0.2, 0) is 22.6 Å². The second kappa shape index (κ2) is 9.93. The van der Waals surface area contributed by atoms with Gasteiger partial charge in [-0.05, 0) is 56.5 Å². The monoisotopic (exact) mass is 382 g/mol. The fourth-order valence-electron chi connectivity index (χ4n) is 3.09. The fourth-order valence-corrected chi connectivity index (χ4v) is 3.09. The lowest BCUT2D eigenvalue weighted by molar-refractivity contribution is -0.140. The molecule has 150 valence electrons. The van der Waals surface area contributed by atoms with Crippen LogP contribution in [0.3, 0.4) is 0 Å². The maximum atomic E-state index is 13.2. The molecule has 0 spiro atoms. The molecule has 0 aliphatic rings. The van der Waals surface area contributed by atoms with Crippen molar-refractivity contribution in [3.05, 3.63) is 64.7 Å². The maximum Gasteiger partial charge on any atom is 0.242 e. The summed E-state index contributed by atoms with van der Waals surface area (Å²) < 4.78 is 5.20. The Morgan fingerprint density at radius 2 is 1.79 bits per heavy atom. The Morgan fingerprint density at radius 1 is 1.11 bits per heavy atom. The van der Waals surface area contributed by atoms with Crippen LogP contribution in [0.2, 0.25) is 0 Å². The maximum absolute atomic E-state index is 13.2. The van der Waals surface area contributed by atoms with Gasteiger partial charge in [-0.1, -0.05) is 35.9 Å². The molecule has 2 rings (SSSR count). The lowest BCUT2D eigenvalue weighted by atomic mass is 10.0. The molecular weight excluding hydrogens is 352 g/mol. The number of carbonyl (C=O) groups excluding carboxylic acids is 2. The number of hydrogen-bond donors (Lipinski definition) is 1. The van der Waals surface area contributed by atoms with E-state index in [-0.39, 0.29) is 18.2 Å². The van der Waals surface area contributed by atoms with Crippen molar-refractivity contribution in [1.82, 2.24) is 10.2 Å². The van der Waals surface area contributed by atoms with Gasteiger partial charge in [-0.3, -0.25) is 9.59 Å². The zero-order valence-electron chi connectivity index (χ0n) is 17.4. The smallest absolute Gasteiger partial charge is 0.242 e. The van der Waals surface area contributed by atoms with E-state index in [4.69, 9.17) is 4.74 Å². The lowest BCUT2D eigenvalue weighted by Gasteiger charge is -2.29. The van der Waals surface area contributed by atoms with Crippen molar-refractivity contribution in [3.8, 4) is 5.75 Å². The van der Waals surface area contributed by atoms with Gasteiger partial charge in [0.2, 0.25) is 11.8 Å². The van der Waals surface area contributed by atoms with Gasteiger partial charge in [-0.2, -0.15) is 0 Å². The van der Waals surface area contributed by atoms with Crippen molar-refractivity contribution < 1.29 is 14.3 Å². The molecule has 0 saturated carbocycles. The first-order valence-corrected chi connectivity index (χ1v) is 9.62. The standard InChI is InChI=1S/C23H30N2O3/c1-6-24-23(27)18(4)25(15-19-9-11-21(28-5)12-10-19)22(26)14-20-13-16(2)7-8-17(20)3/h7-13,18H,6,14-15H2,1-5H3,(H,24,27)/t18-/m0/s1. The van der Waals surface area contributed by atoms with Gasteiger partial charge in [0.15, 0.2) is 0 Å². The van der Waals surface area contributed by atoms with Gasteiger partial charge in [-0.25, -0.2) is 0 Å². The molecule has 0 aromatic heterocycles. The molecule has 2 amide bonds. The molecule has 2 aromatic carbocycles. The zero-order valence-corrected chi connectivity index (χ0v) is 17.4. The van der Waals surface area contributed by atoms with Gasteiger partial charge in [-0.15, -0.1) is 0 Å². The first kappa shape index (κ1) is 21.5. The van der Waals surface area contributed by atoms with Crippen molar-refractivity contribution in [2.24, 2.45) is 0 Å². The van der Waals surface area contributed by atoms with Crippen LogP contribution in [0.4, 0.5) is 0 Å². The van der Waals surface area contributed by atoms with Crippen molar-refractivity contribution in [3.63, 3.8) is 0 Å². The zero-order chi connectivity index (χ0) is 20.7. The van der Waals surface area contributed by atoms with Gasteiger partial charge < -0.3 is 15.0 Å². The Bertz CT molecular complexity index is 815. The van der Waals surface area contributed by atoms with E-state index in [1.165, 1.54) is 0 Å². The minimum atomic E-state index is -0.556. The average molecular weight is 383 g/mol. The molecule has 28 heavy (non-hydrogen) atoms. The number of likely N-dealkylation sites (N-methyl/N-ethyl adjacent to an activating group) is 1. The van der Waals surface area contributed by atoms with Gasteiger partial charge in [0.05, 0.1) is 13.5 Å². The van der Waals surface area contributed by atoms with E-state index in [0.29, 0.717) is 13.1 Å². The van der Waals surface area contributed by atoms with Crippen molar-refractivity contribution in [2.45, 2.75) is 46.7 Å². The molecule has 0 aliphatic heterocycles. The number of methoxy groups -OCH3 is 1. The Balaban J connectivity index is 2.26. The number of rotatable bonds is 8. The number of nitrogens with zero attached hydrogens (tertiary/aromatic N) is 1. The van der Waals surface area contributed by atoms with Crippen LogP contribution in [0.5, 0.6) is 5.75 Å². The molecule has 0 bridgehead atoms. The average Bonchev–Trinajstić information content (AvgIpc) is 2.69. The third-order valence-corrected chi connectivity index (χ3v) is 4.88. The number of nitrogens with one attached hydrogen (secondary N) is 1. The van der Waals surface area contributed by atoms with Crippen molar-refractivity contribution in [1.29, 1.82) is 0 Å². The Kier molecular flexibility index (Phi) is 7.61. The summed E-state index contributed by atoms with van der Waals surface area (Å²) in [6, 6.07) is 13.1. The molecule has 1 N–H and O–H groups in total. The first-order chi connectivity index (χ1) is 13.3. The van der Waals surface area contributed by atoms with Crippen molar-refractivity contribution >= 4 is 11.8 Å². The minimum absolute atomic E-state index is 0.0664. The lowest BCUT2D eigenvalue weighted by Crippen LogP contribution is -2.48. The van der Waals surface area contributed by atoms with Gasteiger partial charge in [0.25, 0.3) is 0 Å². The molecule has 0 heterocycles. The number of ether oxygens (including phenoxy) is 1. The van der Waals surface area contributed by atoms with E-state index in [0.717, 1.165) is 28.0 Å². The third-order valence-electron chi connectivity index (χ3n) is 4.88. The Hall–Kier alpha value is -2.82. The van der Waals surface area contributed by atoms with E-state index in [1.807, 2.05) is 63.2 Å². The van der Waals surface area contributed by atoms with Crippen LogP contribution < -0.4 is 10.1 Å². The second-order valence-electron chi connectivity index (χ2n) is 7.05. The van der Waals surface area contributed by atoms with E-state index >= 15 is 0 Å². The van der Waals surface area contributed by atoms with E-state index in [2.05, 4.69) is 5.32 Å². The van der Waals surface area contributed by atoms with Crippen molar-refractivity contribution in [2.75, 3.05) is 13.7 Å². The molecule has 0 aliphatic carbocycles. The first-order valence-electron chi connectivity index (χ1n) is 9.62. The summed E-state index contributed by atoms with van der Waals surface area (Å²) in [6.45, 7) is 8.56. The number of carbonyl (C=O) groups is 2. The van der Waals surface area contributed by atoms with E-state index in [9.17, 15) is 9.59 Å². The Morgan fingerprint density at radius 3 is 2.39 bits per heavy atom. The van der Waals surface area contributed by atoms with Crippen LogP contribution in [0, 0.1) is 13.8 Å². The summed E-state index contributed by atoms with van der Waals surface area (Å²) in [4.78, 5) is 27.3. The van der Waals surface area contributed by atoms with E-state index in [1.54, 1.807) is 18.9 Å². The number of aryl methyl sites for hydroxylation is 2. The summed E-state index contributed by atoms with van der Waals surface area (Å²) in [5.41, 5.74) is 4.14.